The van der Waals surface area contributed by atoms with Crippen LogP contribution in [0.1, 0.15) is 31.2 Å². The summed E-state index contributed by atoms with van der Waals surface area (Å²) >= 11 is 0. The number of halogens is 3. The van der Waals surface area contributed by atoms with Gasteiger partial charge in [-0.25, -0.2) is 8.78 Å². The average Bonchev–Trinajstić information content (AvgIpc) is 2.63. The second kappa shape index (κ2) is 5.54. The summed E-state index contributed by atoms with van der Waals surface area (Å²) in [5, 5.41) is 3.56. The average molecular weight is 274 g/mol. The Morgan fingerprint density at radius 2 is 1.78 bits per heavy atom. The molecule has 3 rings (SSSR count). The van der Waals surface area contributed by atoms with E-state index in [1.165, 1.54) is 31.0 Å². The first kappa shape index (κ1) is 13.8. The van der Waals surface area contributed by atoms with Crippen molar-refractivity contribution in [2.75, 3.05) is 0 Å². The van der Waals surface area contributed by atoms with Crippen molar-refractivity contribution in [3.05, 3.63) is 35.4 Å². The van der Waals surface area contributed by atoms with Crippen molar-refractivity contribution in [1.29, 1.82) is 0 Å². The zero-order valence-corrected chi connectivity index (χ0v) is 11.0. The highest BCUT2D eigenvalue weighted by Gasteiger charge is 2.33. The molecule has 1 aromatic carbocycles. The number of piperidine rings is 1. The third-order valence-electron chi connectivity index (χ3n) is 4.09. The summed E-state index contributed by atoms with van der Waals surface area (Å²) < 4.78 is 26.6. The van der Waals surface area contributed by atoms with Crippen molar-refractivity contribution in [3.8, 4) is 0 Å². The summed E-state index contributed by atoms with van der Waals surface area (Å²) in [6.07, 6.45) is 5.37. The molecule has 0 saturated carbocycles. The lowest BCUT2D eigenvalue weighted by atomic mass is 9.87. The molecule has 100 valence electrons. The molecule has 2 atom stereocenters. The topological polar surface area (TPSA) is 12.0 Å². The second-order valence-electron chi connectivity index (χ2n) is 5.42. The highest BCUT2D eigenvalue weighted by atomic mass is 35.5. The fourth-order valence-corrected chi connectivity index (χ4v) is 3.35. The Labute approximate surface area is 112 Å². The van der Waals surface area contributed by atoms with E-state index in [2.05, 4.69) is 5.32 Å². The normalized spacial score (nSPS) is 30.0. The standard InChI is InChI=1S/C14H17F2N.ClH/c15-11-1-4-14(16)10(8-11)5-9-6-12-2-3-13(7-9)17-12;/h1,4,8-9,12-13,17H,2-3,5-7H2;1H. The molecule has 0 spiro atoms. The molecule has 18 heavy (non-hydrogen) atoms. The molecule has 1 aromatic rings. The first-order valence-electron chi connectivity index (χ1n) is 6.40. The van der Waals surface area contributed by atoms with Gasteiger partial charge in [-0.1, -0.05) is 0 Å². The molecular formula is C14H18ClF2N. The first-order chi connectivity index (χ1) is 8.20. The van der Waals surface area contributed by atoms with Gasteiger partial charge in [0.05, 0.1) is 0 Å². The molecule has 2 aliphatic rings. The third kappa shape index (κ3) is 2.83. The minimum atomic E-state index is -0.335. The molecule has 1 N–H and O–H groups in total. The second-order valence-corrected chi connectivity index (χ2v) is 5.42. The van der Waals surface area contributed by atoms with E-state index in [4.69, 9.17) is 0 Å². The lowest BCUT2D eigenvalue weighted by molar-refractivity contribution is 0.296. The summed E-state index contributed by atoms with van der Waals surface area (Å²) in [6, 6.07) is 4.98. The van der Waals surface area contributed by atoms with Crippen LogP contribution in [0.4, 0.5) is 8.78 Å². The molecule has 2 fully saturated rings. The molecule has 0 aromatic heterocycles. The highest BCUT2D eigenvalue weighted by Crippen LogP contribution is 2.33. The Kier molecular flexibility index (Phi) is 4.23. The SMILES string of the molecule is Cl.Fc1ccc(F)c(CC2CC3CCC(C2)N3)c1. The maximum Gasteiger partial charge on any atom is 0.126 e. The van der Waals surface area contributed by atoms with E-state index in [1.54, 1.807) is 0 Å². The van der Waals surface area contributed by atoms with Crippen LogP contribution in [0, 0.1) is 17.6 Å². The monoisotopic (exact) mass is 273 g/mol. The molecular weight excluding hydrogens is 256 g/mol. The van der Waals surface area contributed by atoms with Gasteiger partial charge in [-0.2, -0.15) is 0 Å². The molecule has 0 radical (unpaired) electrons. The maximum atomic E-state index is 13.6. The first-order valence-corrected chi connectivity index (χ1v) is 6.40. The summed E-state index contributed by atoms with van der Waals surface area (Å²) in [6.45, 7) is 0. The van der Waals surface area contributed by atoms with E-state index in [9.17, 15) is 8.78 Å². The van der Waals surface area contributed by atoms with Crippen molar-refractivity contribution in [2.45, 2.75) is 44.2 Å². The Bertz CT molecular complexity index is 412. The summed E-state index contributed by atoms with van der Waals surface area (Å²) in [7, 11) is 0. The fraction of sp³-hybridized carbons (Fsp3) is 0.571. The molecule has 2 aliphatic heterocycles. The van der Waals surface area contributed by atoms with Crippen LogP contribution >= 0.6 is 12.4 Å². The quantitative estimate of drug-likeness (QED) is 0.870. The van der Waals surface area contributed by atoms with Gasteiger partial charge in [-0.05, 0) is 61.8 Å². The zero-order valence-electron chi connectivity index (χ0n) is 10.2. The van der Waals surface area contributed by atoms with Gasteiger partial charge in [0.25, 0.3) is 0 Å². The van der Waals surface area contributed by atoms with Gasteiger partial charge in [-0.3, -0.25) is 0 Å². The van der Waals surface area contributed by atoms with Gasteiger partial charge >= 0.3 is 0 Å². The Hall–Kier alpha value is -0.670. The minimum absolute atomic E-state index is 0. The molecule has 2 bridgehead atoms. The van der Waals surface area contributed by atoms with E-state index < -0.39 is 0 Å². The largest absolute Gasteiger partial charge is 0.311 e. The predicted molar refractivity (Wildman–Crippen MR) is 70.0 cm³/mol. The van der Waals surface area contributed by atoms with E-state index in [0.29, 0.717) is 30.0 Å². The van der Waals surface area contributed by atoms with Gasteiger partial charge in [0.15, 0.2) is 0 Å². The number of fused-ring (bicyclic) bond motifs is 2. The predicted octanol–water partition coefficient (Wildman–Crippen LogP) is 3.46. The lowest BCUT2D eigenvalue weighted by Crippen LogP contribution is -2.38. The molecule has 2 unspecified atom stereocenters. The fourth-order valence-electron chi connectivity index (χ4n) is 3.35. The zero-order chi connectivity index (χ0) is 11.8. The Balaban J connectivity index is 0.00000120. The molecule has 4 heteroatoms. The van der Waals surface area contributed by atoms with Crippen molar-refractivity contribution >= 4 is 12.4 Å². The van der Waals surface area contributed by atoms with E-state index in [-0.39, 0.29) is 24.0 Å². The van der Waals surface area contributed by atoms with Crippen molar-refractivity contribution in [1.82, 2.24) is 5.32 Å². The smallest absolute Gasteiger partial charge is 0.126 e. The van der Waals surface area contributed by atoms with Crippen LogP contribution in [0.3, 0.4) is 0 Å². The van der Waals surface area contributed by atoms with Crippen LogP contribution in [0.25, 0.3) is 0 Å². The number of hydrogen-bond donors (Lipinski definition) is 1. The maximum absolute atomic E-state index is 13.6. The van der Waals surface area contributed by atoms with E-state index in [0.717, 1.165) is 12.8 Å². The van der Waals surface area contributed by atoms with E-state index >= 15 is 0 Å². The highest BCUT2D eigenvalue weighted by molar-refractivity contribution is 5.85. The Morgan fingerprint density at radius 3 is 2.44 bits per heavy atom. The summed E-state index contributed by atoms with van der Waals surface area (Å²) in [5.74, 6) is -0.0966. The summed E-state index contributed by atoms with van der Waals surface area (Å²) in [4.78, 5) is 0. The van der Waals surface area contributed by atoms with Crippen LogP contribution < -0.4 is 5.32 Å². The van der Waals surface area contributed by atoms with Gasteiger partial charge in [0.2, 0.25) is 0 Å². The van der Waals surface area contributed by atoms with E-state index in [1.807, 2.05) is 0 Å². The van der Waals surface area contributed by atoms with Gasteiger partial charge < -0.3 is 5.32 Å². The van der Waals surface area contributed by atoms with Crippen LogP contribution in [0.5, 0.6) is 0 Å². The van der Waals surface area contributed by atoms with Crippen LogP contribution in [-0.4, -0.2) is 12.1 Å². The van der Waals surface area contributed by atoms with Crippen LogP contribution in [0.2, 0.25) is 0 Å². The Morgan fingerprint density at radius 1 is 1.11 bits per heavy atom. The van der Waals surface area contributed by atoms with Crippen LogP contribution in [0.15, 0.2) is 18.2 Å². The van der Waals surface area contributed by atoms with Gasteiger partial charge in [0, 0.05) is 12.1 Å². The molecule has 0 aliphatic carbocycles. The number of benzene rings is 1. The molecule has 2 heterocycles. The number of nitrogens with one attached hydrogen (secondary N) is 1. The van der Waals surface area contributed by atoms with Gasteiger partial charge in [-0.15, -0.1) is 12.4 Å². The number of hydrogen-bond acceptors (Lipinski definition) is 1. The minimum Gasteiger partial charge on any atom is -0.311 e. The van der Waals surface area contributed by atoms with Gasteiger partial charge in [0.1, 0.15) is 11.6 Å². The lowest BCUT2D eigenvalue weighted by Gasteiger charge is -2.29. The number of rotatable bonds is 2. The summed E-state index contributed by atoms with van der Waals surface area (Å²) in [5.41, 5.74) is 0.538. The van der Waals surface area contributed by atoms with Crippen molar-refractivity contribution in [2.24, 2.45) is 5.92 Å². The van der Waals surface area contributed by atoms with Crippen molar-refractivity contribution < 1.29 is 8.78 Å². The third-order valence-corrected chi connectivity index (χ3v) is 4.09. The molecule has 1 nitrogen and oxygen atoms in total. The molecule has 2 saturated heterocycles. The molecule has 0 amide bonds. The van der Waals surface area contributed by atoms with Crippen molar-refractivity contribution in [3.63, 3.8) is 0 Å². The van der Waals surface area contributed by atoms with Crippen LogP contribution in [-0.2, 0) is 6.42 Å².